The molecule has 2 amide bonds. The molecule has 0 radical (unpaired) electrons. The number of hydrogen-bond donors (Lipinski definition) is 3. The molecule has 0 saturated heterocycles. The molecule has 0 fully saturated rings. The second-order valence-electron chi connectivity index (χ2n) is 6.28. The highest BCUT2D eigenvalue weighted by molar-refractivity contribution is 9.11. The Hall–Kier alpha value is -1.69. The fraction of sp³-hybridized carbons (Fsp3) is 0.250. The second kappa shape index (κ2) is 12.4. The summed E-state index contributed by atoms with van der Waals surface area (Å²) in [7, 11) is 0. The van der Waals surface area contributed by atoms with Gasteiger partial charge in [0.1, 0.15) is 11.5 Å². The first kappa shape index (κ1) is 25.6. The number of amides is 2. The number of thiocarbonyl (C=S) groups is 1. The maximum absolute atomic E-state index is 12.0. The van der Waals surface area contributed by atoms with Gasteiger partial charge in [0, 0.05) is 4.47 Å². The highest BCUT2D eigenvalue weighted by Gasteiger charge is 2.12. The third kappa shape index (κ3) is 8.40. The lowest BCUT2D eigenvalue weighted by atomic mass is 10.2. The third-order valence-corrected chi connectivity index (χ3v) is 5.74. The molecule has 0 aromatic heterocycles. The number of rotatable bonds is 7. The lowest BCUT2D eigenvalue weighted by Crippen LogP contribution is -2.50. The summed E-state index contributed by atoms with van der Waals surface area (Å²) in [6, 6.07) is 9.35. The Morgan fingerprint density at radius 2 is 1.68 bits per heavy atom. The Balaban J connectivity index is 1.72. The average Bonchev–Trinajstić information content (AvgIpc) is 2.70. The van der Waals surface area contributed by atoms with Gasteiger partial charge in [-0.15, -0.1) is 0 Å². The van der Waals surface area contributed by atoms with Crippen molar-refractivity contribution in [3.63, 3.8) is 0 Å². The molecule has 0 spiro atoms. The summed E-state index contributed by atoms with van der Waals surface area (Å²) >= 11 is 15.2. The van der Waals surface area contributed by atoms with Crippen molar-refractivity contribution >= 4 is 76.9 Å². The Morgan fingerprint density at radius 1 is 0.968 bits per heavy atom. The molecule has 31 heavy (non-hydrogen) atoms. The Labute approximate surface area is 211 Å². The van der Waals surface area contributed by atoms with Crippen LogP contribution >= 0.6 is 60.0 Å². The Kier molecular flexibility index (Phi) is 10.2. The fourth-order valence-corrected chi connectivity index (χ4v) is 4.65. The number of ether oxygens (including phenoxy) is 2. The first-order valence-electron chi connectivity index (χ1n) is 9.08. The molecular weight excluding hydrogens is 618 g/mol. The van der Waals surface area contributed by atoms with Crippen molar-refractivity contribution in [3.05, 3.63) is 54.9 Å². The third-order valence-electron chi connectivity index (χ3n) is 3.87. The zero-order valence-electron chi connectivity index (χ0n) is 16.7. The van der Waals surface area contributed by atoms with Gasteiger partial charge in [-0.3, -0.25) is 25.8 Å². The lowest BCUT2D eigenvalue weighted by Gasteiger charge is -2.14. The van der Waals surface area contributed by atoms with Crippen LogP contribution in [0.5, 0.6) is 11.5 Å². The zero-order chi connectivity index (χ0) is 23.0. The number of carbonyl (C=O) groups excluding carboxylic acids is 2. The number of aryl methyl sites for hydroxylation is 2. The zero-order valence-corrected chi connectivity index (χ0v) is 22.3. The van der Waals surface area contributed by atoms with E-state index in [9.17, 15) is 9.59 Å². The van der Waals surface area contributed by atoms with Crippen LogP contribution in [0.3, 0.4) is 0 Å². The quantitative estimate of drug-likeness (QED) is 0.310. The maximum atomic E-state index is 12.0. The van der Waals surface area contributed by atoms with Crippen molar-refractivity contribution in [2.45, 2.75) is 20.3 Å². The molecule has 0 aliphatic rings. The monoisotopic (exact) mass is 635 g/mol. The number of nitrogens with one attached hydrogen (secondary N) is 3. The molecule has 0 saturated carbocycles. The molecule has 0 aliphatic heterocycles. The molecule has 0 heterocycles. The van der Waals surface area contributed by atoms with Crippen molar-refractivity contribution in [1.82, 2.24) is 16.2 Å². The second-order valence-corrected chi connectivity index (χ2v) is 9.31. The van der Waals surface area contributed by atoms with Gasteiger partial charge in [0.25, 0.3) is 11.8 Å². The Bertz CT molecular complexity index is 965. The molecule has 0 atom stereocenters. The average molecular weight is 638 g/mol. The van der Waals surface area contributed by atoms with E-state index >= 15 is 0 Å². The molecule has 0 bridgehead atoms. The molecule has 11 heteroatoms. The number of halogens is 3. The van der Waals surface area contributed by atoms with Crippen LogP contribution < -0.4 is 25.6 Å². The van der Waals surface area contributed by atoms with Crippen molar-refractivity contribution in [3.8, 4) is 11.5 Å². The van der Waals surface area contributed by atoms with E-state index in [1.165, 1.54) is 0 Å². The predicted octanol–water partition coefficient (Wildman–Crippen LogP) is 4.32. The summed E-state index contributed by atoms with van der Waals surface area (Å²) in [6.45, 7) is 3.44. The van der Waals surface area contributed by atoms with Gasteiger partial charge in [-0.1, -0.05) is 28.9 Å². The summed E-state index contributed by atoms with van der Waals surface area (Å²) in [6.07, 6.45) is 0.900. The van der Waals surface area contributed by atoms with Crippen LogP contribution in [-0.2, 0) is 16.0 Å². The molecule has 2 rings (SSSR count). The van der Waals surface area contributed by atoms with E-state index in [1.54, 1.807) is 6.07 Å². The SMILES string of the molecule is CCc1ccc(OCC(=O)NNC(=S)NC(=O)COc2c(C)cc(Br)cc2Br)c(Br)c1. The highest BCUT2D eigenvalue weighted by Crippen LogP contribution is 2.32. The molecule has 0 unspecified atom stereocenters. The predicted molar refractivity (Wildman–Crippen MR) is 133 cm³/mol. The molecule has 3 N–H and O–H groups in total. The minimum Gasteiger partial charge on any atom is -0.483 e. The van der Waals surface area contributed by atoms with Crippen molar-refractivity contribution in [2.24, 2.45) is 0 Å². The van der Waals surface area contributed by atoms with Crippen LogP contribution in [0.1, 0.15) is 18.1 Å². The van der Waals surface area contributed by atoms with Crippen LogP contribution in [0.25, 0.3) is 0 Å². The molecule has 0 aliphatic carbocycles. The number of hydrazine groups is 1. The highest BCUT2D eigenvalue weighted by atomic mass is 79.9. The van der Waals surface area contributed by atoms with E-state index in [4.69, 9.17) is 21.7 Å². The standard InChI is InChI=1S/C20H20Br3N3O4S/c1-3-12-4-5-16(14(22)7-12)29-10-18(28)25-26-20(31)24-17(27)9-30-19-11(2)6-13(21)8-15(19)23/h4-8H,3,9-10H2,1-2H3,(H,25,28)(H2,24,26,27,31). The minimum atomic E-state index is -0.475. The molecule has 7 nitrogen and oxygen atoms in total. The minimum absolute atomic E-state index is 0.0676. The van der Waals surface area contributed by atoms with Crippen molar-refractivity contribution < 1.29 is 19.1 Å². The topological polar surface area (TPSA) is 88.7 Å². The number of benzene rings is 2. The van der Waals surface area contributed by atoms with E-state index in [2.05, 4.69) is 70.9 Å². The molecule has 166 valence electrons. The lowest BCUT2D eigenvalue weighted by molar-refractivity contribution is -0.124. The van der Waals surface area contributed by atoms with Crippen molar-refractivity contribution in [1.29, 1.82) is 0 Å². The summed E-state index contributed by atoms with van der Waals surface area (Å²) in [5.74, 6) is 0.168. The molecule has 2 aromatic rings. The Morgan fingerprint density at radius 3 is 2.32 bits per heavy atom. The summed E-state index contributed by atoms with van der Waals surface area (Å²) in [5, 5.41) is 2.35. The summed E-state index contributed by atoms with van der Waals surface area (Å²) in [5.41, 5.74) is 6.82. The molecular formula is C20H20Br3N3O4S. The van der Waals surface area contributed by atoms with Crippen LogP contribution in [0.2, 0.25) is 0 Å². The number of hydrogen-bond acceptors (Lipinski definition) is 5. The van der Waals surface area contributed by atoms with E-state index < -0.39 is 11.8 Å². The summed E-state index contributed by atoms with van der Waals surface area (Å²) < 4.78 is 13.4. The maximum Gasteiger partial charge on any atom is 0.276 e. The first-order chi connectivity index (χ1) is 14.7. The van der Waals surface area contributed by atoms with Gasteiger partial charge >= 0.3 is 0 Å². The van der Waals surface area contributed by atoms with Gasteiger partial charge in [0.15, 0.2) is 18.3 Å². The van der Waals surface area contributed by atoms with Crippen LogP contribution in [0.4, 0.5) is 0 Å². The normalized spacial score (nSPS) is 10.2. The largest absolute Gasteiger partial charge is 0.483 e. The van der Waals surface area contributed by atoms with Gasteiger partial charge < -0.3 is 9.47 Å². The van der Waals surface area contributed by atoms with E-state index in [0.717, 1.165) is 31.0 Å². The number of carbonyl (C=O) groups is 2. The van der Waals surface area contributed by atoms with E-state index in [-0.39, 0.29) is 18.3 Å². The molecule has 2 aromatic carbocycles. The van der Waals surface area contributed by atoms with Crippen LogP contribution in [0.15, 0.2) is 43.7 Å². The van der Waals surface area contributed by atoms with E-state index in [1.807, 2.05) is 31.2 Å². The summed E-state index contributed by atoms with van der Waals surface area (Å²) in [4.78, 5) is 24.0. The van der Waals surface area contributed by atoms with Gasteiger partial charge in [-0.25, -0.2) is 0 Å². The smallest absolute Gasteiger partial charge is 0.276 e. The van der Waals surface area contributed by atoms with Gasteiger partial charge in [0.05, 0.1) is 8.95 Å². The fourth-order valence-electron chi connectivity index (χ4n) is 2.39. The van der Waals surface area contributed by atoms with Crippen LogP contribution in [-0.4, -0.2) is 30.1 Å². The van der Waals surface area contributed by atoms with E-state index in [0.29, 0.717) is 11.5 Å². The van der Waals surface area contributed by atoms with Gasteiger partial charge in [0.2, 0.25) is 0 Å². The first-order valence-corrected chi connectivity index (χ1v) is 11.9. The van der Waals surface area contributed by atoms with Gasteiger partial charge in [-0.05, 0) is 92.8 Å². The van der Waals surface area contributed by atoms with Gasteiger partial charge in [-0.2, -0.15) is 0 Å². The van der Waals surface area contributed by atoms with Crippen molar-refractivity contribution in [2.75, 3.05) is 13.2 Å². The van der Waals surface area contributed by atoms with Crippen LogP contribution in [0, 0.1) is 6.92 Å².